The van der Waals surface area contributed by atoms with Crippen molar-refractivity contribution in [3.8, 4) is 5.69 Å². The van der Waals surface area contributed by atoms with Crippen LogP contribution >= 0.6 is 12.2 Å². The molecule has 0 saturated carbocycles. The second-order valence-corrected chi connectivity index (χ2v) is 9.44. The molecular weight excluding hydrogens is 466 g/mol. The highest BCUT2D eigenvalue weighted by molar-refractivity contribution is 7.80. The number of nitrogens with one attached hydrogen (secondary N) is 2. The first-order valence-electron chi connectivity index (χ1n) is 12.0. The zero-order valence-corrected chi connectivity index (χ0v) is 21.4. The van der Waals surface area contributed by atoms with E-state index in [1.807, 2.05) is 71.6 Å². The third kappa shape index (κ3) is 4.38. The number of nitrogens with zero attached hydrogens (tertiary/aromatic N) is 3. The Morgan fingerprint density at radius 2 is 1.61 bits per heavy atom. The largest absolute Gasteiger partial charge is 0.352 e. The molecule has 1 amide bonds. The number of carbonyl (C=O) groups excluding carboxylic acids is 1. The average molecular weight is 496 g/mol. The molecule has 182 valence electrons. The van der Waals surface area contributed by atoms with Gasteiger partial charge in [0.15, 0.2) is 5.11 Å². The Labute approximate surface area is 217 Å². The summed E-state index contributed by atoms with van der Waals surface area (Å²) in [5, 5.41) is 7.01. The number of benzene rings is 2. The summed E-state index contributed by atoms with van der Waals surface area (Å²) in [6.45, 7) is 6.56. The Kier molecular flexibility index (Phi) is 6.57. The molecule has 2 aromatic carbocycles. The Bertz CT molecular complexity index is 1390. The molecule has 5 rings (SSSR count). The van der Waals surface area contributed by atoms with Gasteiger partial charge in [0.05, 0.1) is 17.8 Å². The third-order valence-electron chi connectivity index (χ3n) is 6.89. The third-order valence-corrected chi connectivity index (χ3v) is 7.24. The van der Waals surface area contributed by atoms with Crippen LogP contribution in [-0.4, -0.2) is 32.0 Å². The number of anilines is 1. The van der Waals surface area contributed by atoms with Crippen LogP contribution in [0.2, 0.25) is 0 Å². The van der Waals surface area contributed by atoms with Crippen LogP contribution < -0.4 is 10.6 Å². The van der Waals surface area contributed by atoms with Crippen molar-refractivity contribution in [2.75, 3.05) is 11.9 Å². The maximum atomic E-state index is 13.1. The molecule has 6 nitrogen and oxygen atoms in total. The van der Waals surface area contributed by atoms with Crippen molar-refractivity contribution in [3.05, 3.63) is 113 Å². The number of rotatable bonds is 6. The number of hydrogen-bond donors (Lipinski definition) is 2. The predicted molar refractivity (Wildman–Crippen MR) is 147 cm³/mol. The summed E-state index contributed by atoms with van der Waals surface area (Å²) in [7, 11) is 0. The van der Waals surface area contributed by atoms with Crippen LogP contribution in [0.4, 0.5) is 5.69 Å². The summed E-state index contributed by atoms with van der Waals surface area (Å²) in [4.78, 5) is 19.8. The Balaban J connectivity index is 1.58. The maximum absolute atomic E-state index is 13.1. The number of thiocarbonyl (C=S) groups is 1. The van der Waals surface area contributed by atoms with E-state index in [1.165, 1.54) is 11.3 Å². The van der Waals surface area contributed by atoms with E-state index < -0.39 is 0 Å². The van der Waals surface area contributed by atoms with Gasteiger partial charge in [0.1, 0.15) is 6.54 Å². The quantitative estimate of drug-likeness (QED) is 0.350. The molecule has 2 N–H and O–H groups in total. The molecule has 0 radical (unpaired) electrons. The van der Waals surface area contributed by atoms with Crippen molar-refractivity contribution < 1.29 is 4.79 Å². The molecule has 0 aliphatic carbocycles. The van der Waals surface area contributed by atoms with Crippen LogP contribution in [0.3, 0.4) is 0 Å². The Morgan fingerprint density at radius 3 is 2.28 bits per heavy atom. The standard InChI is InChI=1S/C29H29N5OS/c1-19-20(2)34(23-14-8-5-9-15-23)21(3)26(19)28-27(24-16-10-11-17-30-24)32-29(36)33(28)18-25(35)31-22-12-6-4-7-13-22/h4-17,27-28H,18H2,1-3H3,(H,31,35)(H,32,36)/t27-,28+/m1/s1. The Hall–Kier alpha value is -3.97. The van der Waals surface area contributed by atoms with Crippen LogP contribution in [-0.2, 0) is 4.79 Å². The highest BCUT2D eigenvalue weighted by atomic mass is 32.1. The lowest BCUT2D eigenvalue weighted by Crippen LogP contribution is -2.37. The molecule has 0 spiro atoms. The van der Waals surface area contributed by atoms with Gasteiger partial charge in [-0.3, -0.25) is 9.78 Å². The van der Waals surface area contributed by atoms with E-state index in [0.29, 0.717) is 5.11 Å². The first-order chi connectivity index (χ1) is 17.5. The van der Waals surface area contributed by atoms with E-state index in [9.17, 15) is 4.79 Å². The van der Waals surface area contributed by atoms with E-state index in [2.05, 4.69) is 53.1 Å². The highest BCUT2D eigenvalue weighted by Gasteiger charge is 2.43. The molecule has 1 aliphatic heterocycles. The number of carbonyl (C=O) groups is 1. The molecule has 7 heteroatoms. The van der Waals surface area contributed by atoms with E-state index in [-0.39, 0.29) is 24.5 Å². The van der Waals surface area contributed by atoms with Gasteiger partial charge in [0.25, 0.3) is 0 Å². The average Bonchev–Trinajstić information content (AvgIpc) is 3.32. The maximum Gasteiger partial charge on any atom is 0.244 e. The van der Waals surface area contributed by atoms with Gasteiger partial charge < -0.3 is 20.1 Å². The summed E-state index contributed by atoms with van der Waals surface area (Å²) in [5.41, 5.74) is 7.39. The first-order valence-corrected chi connectivity index (χ1v) is 12.4. The van der Waals surface area contributed by atoms with Crippen molar-refractivity contribution in [2.45, 2.75) is 32.9 Å². The molecule has 1 saturated heterocycles. The number of para-hydroxylation sites is 2. The van der Waals surface area contributed by atoms with Crippen molar-refractivity contribution in [1.82, 2.24) is 19.8 Å². The fraction of sp³-hybridized carbons (Fsp3) is 0.207. The summed E-state index contributed by atoms with van der Waals surface area (Å²) in [6, 6.07) is 25.3. The lowest BCUT2D eigenvalue weighted by molar-refractivity contribution is -0.116. The van der Waals surface area contributed by atoms with Gasteiger partial charge in [-0.2, -0.15) is 0 Å². The highest BCUT2D eigenvalue weighted by Crippen LogP contribution is 2.43. The molecule has 4 aromatic rings. The second-order valence-electron chi connectivity index (χ2n) is 9.05. The molecule has 1 fully saturated rings. The molecule has 0 unspecified atom stereocenters. The van der Waals surface area contributed by atoms with E-state index in [4.69, 9.17) is 12.2 Å². The molecule has 3 heterocycles. The van der Waals surface area contributed by atoms with Gasteiger partial charge in [-0.15, -0.1) is 0 Å². The zero-order chi connectivity index (χ0) is 25.2. The van der Waals surface area contributed by atoms with Crippen molar-refractivity contribution in [1.29, 1.82) is 0 Å². The van der Waals surface area contributed by atoms with Gasteiger partial charge in [-0.05, 0) is 75.0 Å². The smallest absolute Gasteiger partial charge is 0.244 e. The van der Waals surface area contributed by atoms with E-state index >= 15 is 0 Å². The minimum absolute atomic E-state index is 0.119. The van der Waals surface area contributed by atoms with Gasteiger partial charge >= 0.3 is 0 Å². The fourth-order valence-corrected chi connectivity index (χ4v) is 5.48. The molecule has 36 heavy (non-hydrogen) atoms. The lowest BCUT2D eigenvalue weighted by atomic mass is 9.93. The second kappa shape index (κ2) is 9.95. The first kappa shape index (κ1) is 23.8. The van der Waals surface area contributed by atoms with Crippen LogP contribution in [0.5, 0.6) is 0 Å². The van der Waals surface area contributed by atoms with Gasteiger partial charge in [0.2, 0.25) is 5.91 Å². The van der Waals surface area contributed by atoms with Crippen molar-refractivity contribution >= 4 is 28.9 Å². The van der Waals surface area contributed by atoms with Crippen LogP contribution in [0.15, 0.2) is 85.1 Å². The molecule has 1 aliphatic rings. The van der Waals surface area contributed by atoms with Gasteiger partial charge in [-0.25, -0.2) is 0 Å². The summed E-state index contributed by atoms with van der Waals surface area (Å²) < 4.78 is 2.28. The number of aromatic nitrogens is 2. The van der Waals surface area contributed by atoms with Crippen LogP contribution in [0.25, 0.3) is 5.69 Å². The van der Waals surface area contributed by atoms with E-state index in [0.717, 1.165) is 28.3 Å². The summed E-state index contributed by atoms with van der Waals surface area (Å²) in [5.74, 6) is -0.119. The predicted octanol–water partition coefficient (Wildman–Crippen LogP) is 5.41. The number of amides is 1. The molecule has 2 aromatic heterocycles. The van der Waals surface area contributed by atoms with Crippen molar-refractivity contribution in [2.24, 2.45) is 0 Å². The van der Waals surface area contributed by atoms with Gasteiger partial charge in [-0.1, -0.05) is 42.5 Å². The minimum Gasteiger partial charge on any atom is -0.352 e. The van der Waals surface area contributed by atoms with Crippen LogP contribution in [0.1, 0.15) is 40.3 Å². The lowest BCUT2D eigenvalue weighted by Gasteiger charge is -2.28. The van der Waals surface area contributed by atoms with Gasteiger partial charge in [0, 0.05) is 34.5 Å². The molecule has 0 bridgehead atoms. The fourth-order valence-electron chi connectivity index (χ4n) is 5.17. The van der Waals surface area contributed by atoms with Crippen molar-refractivity contribution in [3.63, 3.8) is 0 Å². The number of hydrogen-bond acceptors (Lipinski definition) is 3. The minimum atomic E-state index is -0.197. The normalized spacial score (nSPS) is 17.2. The monoisotopic (exact) mass is 495 g/mol. The molecular formula is C29H29N5OS. The summed E-state index contributed by atoms with van der Waals surface area (Å²) >= 11 is 5.80. The number of pyridine rings is 1. The topological polar surface area (TPSA) is 62.2 Å². The summed E-state index contributed by atoms with van der Waals surface area (Å²) in [6.07, 6.45) is 1.79. The zero-order valence-electron chi connectivity index (χ0n) is 20.6. The molecule has 2 atom stereocenters. The SMILES string of the molecule is Cc1c([C@H]2[C@@H](c3ccccn3)NC(=S)N2CC(=O)Nc2ccccc2)c(C)n(-c2ccccc2)c1C. The Morgan fingerprint density at radius 1 is 0.944 bits per heavy atom. The van der Waals surface area contributed by atoms with E-state index in [1.54, 1.807) is 6.20 Å². The van der Waals surface area contributed by atoms with Crippen LogP contribution in [0, 0.1) is 20.8 Å².